The Balaban J connectivity index is 2.53. The predicted octanol–water partition coefficient (Wildman–Crippen LogP) is -1.88. The molecule has 8 nitrogen and oxygen atoms in total. The van der Waals surface area contributed by atoms with Crippen molar-refractivity contribution in [1.29, 1.82) is 0 Å². The second kappa shape index (κ2) is 3.74. The van der Waals surface area contributed by atoms with E-state index < -0.39 is 5.91 Å². The average Bonchev–Trinajstić information content (AvgIpc) is 2.65. The molecular formula is C8H10N6O2. The first kappa shape index (κ1) is 10.3. The number of carbonyl (C=O) groups is 1. The van der Waals surface area contributed by atoms with Crippen molar-refractivity contribution in [3.05, 3.63) is 22.9 Å². The molecule has 0 bridgehead atoms. The van der Waals surface area contributed by atoms with Gasteiger partial charge >= 0.3 is 0 Å². The fourth-order valence-electron chi connectivity index (χ4n) is 1.38. The fourth-order valence-corrected chi connectivity index (χ4v) is 1.38. The number of rotatable bonds is 2. The number of aryl methyl sites for hydroxylation is 1. The molecule has 2 heterocycles. The Morgan fingerprint density at radius 3 is 3.06 bits per heavy atom. The maximum atomic E-state index is 11.8. The van der Waals surface area contributed by atoms with Gasteiger partial charge in [-0.25, -0.2) is 10.8 Å². The number of aromatic nitrogens is 4. The van der Waals surface area contributed by atoms with Crippen molar-refractivity contribution in [3.8, 4) is 0 Å². The van der Waals surface area contributed by atoms with Gasteiger partial charge in [0.2, 0.25) is 0 Å². The highest BCUT2D eigenvalue weighted by Gasteiger charge is 2.09. The number of fused-ring (bicyclic) bond motifs is 1. The van der Waals surface area contributed by atoms with E-state index in [1.807, 2.05) is 5.43 Å². The lowest BCUT2D eigenvalue weighted by Gasteiger charge is -2.03. The quantitative estimate of drug-likeness (QED) is 0.351. The summed E-state index contributed by atoms with van der Waals surface area (Å²) in [5, 5.41) is 4.28. The second-order valence-electron chi connectivity index (χ2n) is 3.25. The van der Waals surface area contributed by atoms with Crippen molar-refractivity contribution in [3.63, 3.8) is 0 Å². The molecule has 0 aromatic carbocycles. The van der Waals surface area contributed by atoms with E-state index in [9.17, 15) is 9.59 Å². The molecule has 0 fully saturated rings. The molecule has 0 aliphatic rings. The standard InChI is InChI=1S/C8H10N6O2/c1-13-7-5(2-11-13)8(16)14(4-10-7)3-6(15)12-9/h2,4H,3,9H2,1H3,(H,12,15). The molecule has 0 unspecified atom stereocenters. The van der Waals surface area contributed by atoms with Gasteiger partial charge in [0.05, 0.1) is 6.20 Å². The molecular weight excluding hydrogens is 212 g/mol. The Labute approximate surface area is 89.6 Å². The monoisotopic (exact) mass is 222 g/mol. The Hall–Kier alpha value is -2.22. The van der Waals surface area contributed by atoms with Crippen LogP contribution in [0.5, 0.6) is 0 Å². The van der Waals surface area contributed by atoms with Gasteiger partial charge in [-0.1, -0.05) is 0 Å². The number of hydrogen-bond acceptors (Lipinski definition) is 5. The van der Waals surface area contributed by atoms with Crippen molar-refractivity contribution >= 4 is 16.9 Å². The summed E-state index contributed by atoms with van der Waals surface area (Å²) in [5.74, 6) is 4.47. The van der Waals surface area contributed by atoms with Crippen LogP contribution < -0.4 is 16.8 Å². The lowest BCUT2D eigenvalue weighted by atomic mass is 10.4. The molecule has 0 radical (unpaired) electrons. The van der Waals surface area contributed by atoms with E-state index in [0.29, 0.717) is 11.0 Å². The van der Waals surface area contributed by atoms with Crippen LogP contribution in [0.4, 0.5) is 0 Å². The Morgan fingerprint density at radius 2 is 2.38 bits per heavy atom. The van der Waals surface area contributed by atoms with E-state index >= 15 is 0 Å². The van der Waals surface area contributed by atoms with E-state index in [0.717, 1.165) is 0 Å². The summed E-state index contributed by atoms with van der Waals surface area (Å²) >= 11 is 0. The van der Waals surface area contributed by atoms with Crippen LogP contribution in [0.1, 0.15) is 0 Å². The van der Waals surface area contributed by atoms with Gasteiger partial charge in [0.25, 0.3) is 11.5 Å². The molecule has 1 amide bonds. The molecule has 0 saturated carbocycles. The molecule has 8 heteroatoms. The van der Waals surface area contributed by atoms with Crippen LogP contribution in [0.15, 0.2) is 17.3 Å². The summed E-state index contributed by atoms with van der Waals surface area (Å²) in [6.45, 7) is -0.160. The summed E-state index contributed by atoms with van der Waals surface area (Å²) in [6, 6.07) is 0. The number of hydrazine groups is 1. The maximum absolute atomic E-state index is 11.8. The van der Waals surface area contributed by atoms with Crippen LogP contribution in [0, 0.1) is 0 Å². The minimum atomic E-state index is -0.466. The van der Waals surface area contributed by atoms with Gasteiger partial charge in [-0.3, -0.25) is 24.3 Å². The zero-order valence-electron chi connectivity index (χ0n) is 8.54. The SMILES string of the molecule is Cn1ncc2c(=O)n(CC(=O)NN)cnc21. The third-order valence-electron chi connectivity index (χ3n) is 2.19. The number of nitrogens with one attached hydrogen (secondary N) is 1. The van der Waals surface area contributed by atoms with Crippen LogP contribution in [0.3, 0.4) is 0 Å². The molecule has 84 valence electrons. The largest absolute Gasteiger partial charge is 0.293 e. The average molecular weight is 222 g/mol. The topological polar surface area (TPSA) is 108 Å². The molecule has 0 spiro atoms. The first-order valence-electron chi connectivity index (χ1n) is 4.50. The van der Waals surface area contributed by atoms with Crippen LogP contribution in [0.2, 0.25) is 0 Å². The van der Waals surface area contributed by atoms with E-state index in [4.69, 9.17) is 5.84 Å². The maximum Gasteiger partial charge on any atom is 0.264 e. The van der Waals surface area contributed by atoms with Crippen LogP contribution in [-0.2, 0) is 18.4 Å². The van der Waals surface area contributed by atoms with Gasteiger partial charge in [-0.15, -0.1) is 0 Å². The lowest BCUT2D eigenvalue weighted by molar-refractivity contribution is -0.121. The van der Waals surface area contributed by atoms with Gasteiger partial charge in [0.1, 0.15) is 18.3 Å². The van der Waals surface area contributed by atoms with E-state index in [1.54, 1.807) is 7.05 Å². The molecule has 3 N–H and O–H groups in total. The first-order valence-corrected chi connectivity index (χ1v) is 4.50. The molecule has 16 heavy (non-hydrogen) atoms. The smallest absolute Gasteiger partial charge is 0.264 e. The van der Waals surface area contributed by atoms with Crippen molar-refractivity contribution in [1.82, 2.24) is 24.8 Å². The highest BCUT2D eigenvalue weighted by atomic mass is 16.2. The van der Waals surface area contributed by atoms with Gasteiger partial charge in [0, 0.05) is 7.05 Å². The van der Waals surface area contributed by atoms with E-state index in [-0.39, 0.29) is 12.1 Å². The number of amides is 1. The number of nitrogens with two attached hydrogens (primary N) is 1. The summed E-state index contributed by atoms with van der Waals surface area (Å²) in [4.78, 5) is 26.9. The highest BCUT2D eigenvalue weighted by Crippen LogP contribution is 2.02. The molecule has 0 aliphatic carbocycles. The lowest BCUT2D eigenvalue weighted by Crippen LogP contribution is -2.36. The minimum absolute atomic E-state index is 0.160. The summed E-state index contributed by atoms with van der Waals surface area (Å²) in [6.07, 6.45) is 2.71. The molecule has 0 atom stereocenters. The Kier molecular flexibility index (Phi) is 2.41. The minimum Gasteiger partial charge on any atom is -0.293 e. The van der Waals surface area contributed by atoms with Gasteiger partial charge < -0.3 is 0 Å². The normalized spacial score (nSPS) is 10.6. The predicted molar refractivity (Wildman–Crippen MR) is 55.1 cm³/mol. The molecule has 0 saturated heterocycles. The zero-order valence-corrected chi connectivity index (χ0v) is 8.54. The third-order valence-corrected chi connectivity index (χ3v) is 2.19. The van der Waals surface area contributed by atoms with Crippen LogP contribution in [-0.4, -0.2) is 25.2 Å². The number of carbonyl (C=O) groups excluding carboxylic acids is 1. The molecule has 2 rings (SSSR count). The zero-order chi connectivity index (χ0) is 11.7. The number of hydrogen-bond donors (Lipinski definition) is 2. The van der Waals surface area contributed by atoms with Crippen molar-refractivity contribution < 1.29 is 4.79 Å². The van der Waals surface area contributed by atoms with Crippen molar-refractivity contribution in [2.45, 2.75) is 6.54 Å². The van der Waals surface area contributed by atoms with Crippen LogP contribution in [0.25, 0.3) is 11.0 Å². The molecule has 2 aromatic rings. The third kappa shape index (κ3) is 1.54. The fraction of sp³-hybridized carbons (Fsp3) is 0.250. The van der Waals surface area contributed by atoms with Crippen molar-refractivity contribution in [2.75, 3.05) is 0 Å². The van der Waals surface area contributed by atoms with E-state index in [2.05, 4.69) is 10.1 Å². The van der Waals surface area contributed by atoms with Gasteiger partial charge in [0.15, 0.2) is 5.65 Å². The Morgan fingerprint density at radius 1 is 1.62 bits per heavy atom. The second-order valence-corrected chi connectivity index (χ2v) is 3.25. The van der Waals surface area contributed by atoms with Crippen molar-refractivity contribution in [2.24, 2.45) is 12.9 Å². The van der Waals surface area contributed by atoms with Gasteiger partial charge in [-0.05, 0) is 0 Å². The molecule has 0 aliphatic heterocycles. The van der Waals surface area contributed by atoms with E-state index in [1.165, 1.54) is 21.8 Å². The Bertz CT molecular complexity index is 598. The number of nitrogens with zero attached hydrogens (tertiary/aromatic N) is 4. The van der Waals surface area contributed by atoms with Gasteiger partial charge in [-0.2, -0.15) is 5.10 Å². The first-order chi connectivity index (χ1) is 7.63. The van der Waals surface area contributed by atoms with Crippen LogP contribution >= 0.6 is 0 Å². The summed E-state index contributed by atoms with van der Waals surface area (Å²) in [5.41, 5.74) is 2.11. The summed E-state index contributed by atoms with van der Waals surface area (Å²) < 4.78 is 2.66. The molecule has 2 aromatic heterocycles. The summed E-state index contributed by atoms with van der Waals surface area (Å²) in [7, 11) is 1.69. The highest BCUT2D eigenvalue weighted by molar-refractivity contribution is 5.76.